The minimum atomic E-state index is -0.120. The average Bonchev–Trinajstić information content (AvgIpc) is 3.11. The lowest BCUT2D eigenvalue weighted by atomic mass is 10.3. The van der Waals surface area contributed by atoms with Crippen LogP contribution in [0.15, 0.2) is 29.3 Å². The second kappa shape index (κ2) is 4.62. The molecule has 1 aliphatic rings. The number of nitrogens with zero attached hydrogens (tertiary/aromatic N) is 7. The molecule has 0 N–H and O–H groups in total. The monoisotopic (exact) mass is 347 g/mol. The van der Waals surface area contributed by atoms with Crippen LogP contribution < -0.4 is 0 Å². The molecule has 0 bridgehead atoms. The van der Waals surface area contributed by atoms with Gasteiger partial charge < -0.3 is 9.47 Å². The lowest BCUT2D eigenvalue weighted by Gasteiger charge is -2.26. The van der Waals surface area contributed by atoms with E-state index in [-0.39, 0.29) is 5.91 Å². The second-order valence-corrected chi connectivity index (χ2v) is 5.69. The smallest absolute Gasteiger partial charge is 0.274 e. The van der Waals surface area contributed by atoms with Crippen LogP contribution >= 0.6 is 15.9 Å². The Bertz CT molecular complexity index is 839. The largest absolute Gasteiger partial charge is 0.328 e. The third-order valence-electron chi connectivity index (χ3n) is 3.43. The van der Waals surface area contributed by atoms with E-state index in [0.29, 0.717) is 31.0 Å². The standard InChI is InChI=1S/C12H10BrN7O/c13-8-4-14-10-3-9(17-20(10)5-8)12(21)18-1-2-19-7-15-16-11(19)6-18/h3-5,7H,1-2,6H2. The summed E-state index contributed by atoms with van der Waals surface area (Å²) in [5.74, 6) is 0.671. The van der Waals surface area contributed by atoms with Gasteiger partial charge in [0.2, 0.25) is 0 Å². The number of fused-ring (bicyclic) bond motifs is 2. The van der Waals surface area contributed by atoms with E-state index in [9.17, 15) is 4.79 Å². The van der Waals surface area contributed by atoms with Gasteiger partial charge >= 0.3 is 0 Å². The van der Waals surface area contributed by atoms with Crippen molar-refractivity contribution < 1.29 is 4.79 Å². The zero-order chi connectivity index (χ0) is 14.4. The van der Waals surface area contributed by atoms with Crippen molar-refractivity contribution in [3.8, 4) is 0 Å². The molecule has 0 aliphatic carbocycles. The highest BCUT2D eigenvalue weighted by atomic mass is 79.9. The summed E-state index contributed by atoms with van der Waals surface area (Å²) in [6, 6.07) is 1.69. The number of carbonyl (C=O) groups is 1. The Hall–Kier alpha value is -2.29. The van der Waals surface area contributed by atoms with Gasteiger partial charge in [0.1, 0.15) is 6.33 Å². The van der Waals surface area contributed by atoms with Gasteiger partial charge in [0.25, 0.3) is 5.91 Å². The predicted molar refractivity (Wildman–Crippen MR) is 75.4 cm³/mol. The third-order valence-corrected chi connectivity index (χ3v) is 3.84. The van der Waals surface area contributed by atoms with Gasteiger partial charge in [-0.05, 0) is 15.9 Å². The van der Waals surface area contributed by atoms with E-state index in [2.05, 4.69) is 36.2 Å². The fourth-order valence-corrected chi connectivity index (χ4v) is 2.66. The molecule has 0 fully saturated rings. The van der Waals surface area contributed by atoms with Crippen LogP contribution in [0.2, 0.25) is 0 Å². The Labute approximate surface area is 127 Å². The molecule has 0 unspecified atom stereocenters. The van der Waals surface area contributed by atoms with Crippen LogP contribution in [0.5, 0.6) is 0 Å². The van der Waals surface area contributed by atoms with E-state index in [1.54, 1.807) is 34.2 Å². The van der Waals surface area contributed by atoms with Crippen molar-refractivity contribution in [3.05, 3.63) is 40.8 Å². The van der Waals surface area contributed by atoms with Gasteiger partial charge in [-0.15, -0.1) is 10.2 Å². The molecular formula is C12H10BrN7O. The third kappa shape index (κ3) is 2.09. The predicted octanol–water partition coefficient (Wildman–Crippen LogP) is 0.739. The lowest BCUT2D eigenvalue weighted by molar-refractivity contribution is 0.0701. The van der Waals surface area contributed by atoms with E-state index in [4.69, 9.17) is 0 Å². The normalized spacial score (nSPS) is 14.4. The number of amides is 1. The van der Waals surface area contributed by atoms with Gasteiger partial charge in [-0.2, -0.15) is 5.10 Å². The van der Waals surface area contributed by atoms with E-state index in [1.807, 2.05) is 4.57 Å². The second-order valence-electron chi connectivity index (χ2n) is 4.77. The molecule has 0 spiro atoms. The Morgan fingerprint density at radius 2 is 2.24 bits per heavy atom. The summed E-state index contributed by atoms with van der Waals surface area (Å²) >= 11 is 3.33. The summed E-state index contributed by atoms with van der Waals surface area (Å²) in [6.45, 7) is 1.77. The van der Waals surface area contributed by atoms with Crippen LogP contribution in [-0.4, -0.2) is 46.7 Å². The topological polar surface area (TPSA) is 81.2 Å². The maximum absolute atomic E-state index is 12.5. The van der Waals surface area contributed by atoms with E-state index in [1.165, 1.54) is 0 Å². The first kappa shape index (κ1) is 12.5. The van der Waals surface area contributed by atoms with Crippen LogP contribution in [-0.2, 0) is 13.1 Å². The van der Waals surface area contributed by atoms with Crippen LogP contribution in [0.1, 0.15) is 16.3 Å². The molecule has 106 valence electrons. The number of rotatable bonds is 1. The fourth-order valence-electron chi connectivity index (χ4n) is 2.36. The van der Waals surface area contributed by atoms with Crippen LogP contribution in [0.3, 0.4) is 0 Å². The average molecular weight is 348 g/mol. The Balaban J connectivity index is 1.64. The fraction of sp³-hybridized carbons (Fsp3) is 0.250. The Morgan fingerprint density at radius 3 is 3.14 bits per heavy atom. The molecule has 0 aromatic carbocycles. The maximum Gasteiger partial charge on any atom is 0.274 e. The number of aromatic nitrogens is 6. The minimum absolute atomic E-state index is 0.120. The van der Waals surface area contributed by atoms with Gasteiger partial charge in [-0.25, -0.2) is 9.50 Å². The molecule has 9 heteroatoms. The molecule has 8 nitrogen and oxygen atoms in total. The molecule has 3 aromatic rings. The molecule has 4 heterocycles. The molecule has 3 aromatic heterocycles. The van der Waals surface area contributed by atoms with E-state index < -0.39 is 0 Å². The molecule has 4 rings (SSSR count). The van der Waals surface area contributed by atoms with E-state index >= 15 is 0 Å². The summed E-state index contributed by atoms with van der Waals surface area (Å²) in [7, 11) is 0. The van der Waals surface area contributed by atoms with Gasteiger partial charge in [-0.3, -0.25) is 4.79 Å². The first-order valence-corrected chi connectivity index (χ1v) is 7.17. The van der Waals surface area contributed by atoms with Crippen molar-refractivity contribution in [1.29, 1.82) is 0 Å². The zero-order valence-electron chi connectivity index (χ0n) is 10.8. The number of carbonyl (C=O) groups excluding carboxylic acids is 1. The van der Waals surface area contributed by atoms with Crippen LogP contribution in [0, 0.1) is 0 Å². The van der Waals surface area contributed by atoms with Gasteiger partial charge in [0.15, 0.2) is 17.2 Å². The summed E-state index contributed by atoms with van der Waals surface area (Å²) in [5.41, 5.74) is 1.02. The van der Waals surface area contributed by atoms with Crippen molar-refractivity contribution >= 4 is 27.5 Å². The van der Waals surface area contributed by atoms with E-state index in [0.717, 1.165) is 10.3 Å². The highest BCUT2D eigenvalue weighted by molar-refractivity contribution is 9.10. The van der Waals surface area contributed by atoms with Crippen molar-refractivity contribution in [2.24, 2.45) is 0 Å². The summed E-state index contributed by atoms with van der Waals surface area (Å²) in [5, 5.41) is 12.1. The van der Waals surface area contributed by atoms with Crippen LogP contribution in [0.4, 0.5) is 0 Å². The molecule has 0 radical (unpaired) electrons. The highest BCUT2D eigenvalue weighted by Crippen LogP contribution is 2.15. The maximum atomic E-state index is 12.5. The molecule has 1 amide bonds. The van der Waals surface area contributed by atoms with Gasteiger partial charge in [0.05, 0.1) is 11.0 Å². The quantitative estimate of drug-likeness (QED) is 0.648. The van der Waals surface area contributed by atoms with Gasteiger partial charge in [-0.1, -0.05) is 0 Å². The van der Waals surface area contributed by atoms with Crippen LogP contribution in [0.25, 0.3) is 5.65 Å². The first-order chi connectivity index (χ1) is 10.2. The van der Waals surface area contributed by atoms with Gasteiger partial charge in [0, 0.05) is 31.5 Å². The first-order valence-electron chi connectivity index (χ1n) is 6.37. The number of hydrogen-bond donors (Lipinski definition) is 0. The molecule has 0 saturated carbocycles. The minimum Gasteiger partial charge on any atom is -0.328 e. The lowest BCUT2D eigenvalue weighted by Crippen LogP contribution is -2.38. The Morgan fingerprint density at radius 1 is 1.33 bits per heavy atom. The van der Waals surface area contributed by atoms with Crippen molar-refractivity contribution in [2.45, 2.75) is 13.1 Å². The molecule has 0 atom stereocenters. The summed E-state index contributed by atoms with van der Waals surface area (Å²) in [6.07, 6.45) is 5.13. The summed E-state index contributed by atoms with van der Waals surface area (Å²) in [4.78, 5) is 18.5. The highest BCUT2D eigenvalue weighted by Gasteiger charge is 2.24. The van der Waals surface area contributed by atoms with Crippen molar-refractivity contribution in [3.63, 3.8) is 0 Å². The SMILES string of the molecule is O=C(c1cc2ncc(Br)cn2n1)N1CCn2cnnc2C1. The summed E-state index contributed by atoms with van der Waals surface area (Å²) < 4.78 is 4.35. The van der Waals surface area contributed by atoms with Crippen molar-refractivity contribution in [2.75, 3.05) is 6.54 Å². The molecule has 0 saturated heterocycles. The molecule has 1 aliphatic heterocycles. The molecular weight excluding hydrogens is 338 g/mol. The Kier molecular flexibility index (Phi) is 2.74. The number of halogens is 1. The number of hydrogen-bond acceptors (Lipinski definition) is 5. The zero-order valence-corrected chi connectivity index (χ0v) is 12.4. The van der Waals surface area contributed by atoms with Crippen molar-refractivity contribution in [1.82, 2.24) is 34.3 Å². The molecule has 21 heavy (non-hydrogen) atoms.